The highest BCUT2D eigenvalue weighted by molar-refractivity contribution is 5.38. The number of hydrogen-bond donors (Lipinski definition) is 2. The van der Waals surface area contributed by atoms with Gasteiger partial charge in [-0.2, -0.15) is 0 Å². The summed E-state index contributed by atoms with van der Waals surface area (Å²) in [4.78, 5) is 0. The highest BCUT2D eigenvalue weighted by atomic mass is 16.5. The third-order valence-corrected chi connectivity index (χ3v) is 3.14. The van der Waals surface area contributed by atoms with E-state index >= 15 is 0 Å². The monoisotopic (exact) mass is 207 g/mol. The summed E-state index contributed by atoms with van der Waals surface area (Å²) >= 11 is 0. The van der Waals surface area contributed by atoms with Crippen molar-refractivity contribution in [1.82, 2.24) is 0 Å². The Balaban J connectivity index is 2.38. The second-order valence-electron chi connectivity index (χ2n) is 4.07. The van der Waals surface area contributed by atoms with Crippen LogP contribution in [0.2, 0.25) is 0 Å². The van der Waals surface area contributed by atoms with Gasteiger partial charge < -0.3 is 15.6 Å². The molecule has 3 N–H and O–H groups in total. The maximum atomic E-state index is 9.11. The van der Waals surface area contributed by atoms with Gasteiger partial charge in [-0.15, -0.1) is 0 Å². The van der Waals surface area contributed by atoms with E-state index in [0.717, 1.165) is 24.0 Å². The normalized spacial score (nSPS) is 19.9. The molecule has 0 saturated heterocycles. The molecule has 0 bridgehead atoms. The zero-order valence-electron chi connectivity index (χ0n) is 8.94. The van der Waals surface area contributed by atoms with Crippen molar-refractivity contribution in [2.75, 3.05) is 13.7 Å². The van der Waals surface area contributed by atoms with Gasteiger partial charge in [0.25, 0.3) is 0 Å². The van der Waals surface area contributed by atoms with E-state index < -0.39 is 0 Å². The minimum Gasteiger partial charge on any atom is -0.394 e. The molecular weight excluding hydrogens is 190 g/mol. The molecule has 15 heavy (non-hydrogen) atoms. The van der Waals surface area contributed by atoms with E-state index in [1.807, 2.05) is 24.3 Å². The van der Waals surface area contributed by atoms with E-state index in [1.165, 1.54) is 0 Å². The van der Waals surface area contributed by atoms with Gasteiger partial charge in [-0.3, -0.25) is 0 Å². The topological polar surface area (TPSA) is 55.5 Å². The first kappa shape index (κ1) is 10.6. The van der Waals surface area contributed by atoms with Crippen molar-refractivity contribution in [2.45, 2.75) is 24.5 Å². The number of benzene rings is 1. The maximum Gasteiger partial charge on any atom is 0.0933 e. The summed E-state index contributed by atoms with van der Waals surface area (Å²) in [5.41, 5.74) is 7.87. The van der Waals surface area contributed by atoms with Crippen LogP contribution in [0.5, 0.6) is 0 Å². The van der Waals surface area contributed by atoms with Crippen LogP contribution >= 0.6 is 0 Å². The molecule has 1 aromatic rings. The Kier molecular flexibility index (Phi) is 2.78. The summed E-state index contributed by atoms with van der Waals surface area (Å²) in [7, 11) is 1.73. The van der Waals surface area contributed by atoms with E-state index in [-0.39, 0.29) is 18.2 Å². The molecule has 1 aromatic carbocycles. The average Bonchev–Trinajstić information content (AvgIpc) is 3.09. The largest absolute Gasteiger partial charge is 0.394 e. The lowest BCUT2D eigenvalue weighted by Gasteiger charge is -2.20. The zero-order chi connectivity index (χ0) is 10.9. The number of methoxy groups -OCH3 is 1. The smallest absolute Gasteiger partial charge is 0.0933 e. The van der Waals surface area contributed by atoms with Crippen LogP contribution < -0.4 is 5.73 Å². The van der Waals surface area contributed by atoms with Crippen molar-refractivity contribution in [1.29, 1.82) is 0 Å². The fraction of sp³-hybridized carbons (Fsp3) is 0.500. The van der Waals surface area contributed by atoms with Crippen LogP contribution in [0.25, 0.3) is 0 Å². The van der Waals surface area contributed by atoms with Crippen molar-refractivity contribution >= 4 is 0 Å². The summed E-state index contributed by atoms with van der Waals surface area (Å²) < 4.78 is 5.53. The summed E-state index contributed by atoms with van der Waals surface area (Å²) in [6.45, 7) is -0.0309. The van der Waals surface area contributed by atoms with Crippen molar-refractivity contribution < 1.29 is 9.84 Å². The minimum atomic E-state index is -0.311. The first-order chi connectivity index (χ1) is 7.23. The maximum absolute atomic E-state index is 9.11. The standard InChI is InChI=1S/C12H17NO2/c1-15-12(6-7-12)10-5-3-2-4-9(10)11(13)8-14/h2-5,11,14H,6-8,13H2,1H3. The lowest BCUT2D eigenvalue weighted by molar-refractivity contribution is 0.0774. The number of rotatable bonds is 4. The van der Waals surface area contributed by atoms with Gasteiger partial charge in [0.05, 0.1) is 18.2 Å². The van der Waals surface area contributed by atoms with Crippen LogP contribution in [0.15, 0.2) is 24.3 Å². The van der Waals surface area contributed by atoms with Gasteiger partial charge in [-0.1, -0.05) is 24.3 Å². The number of ether oxygens (including phenoxy) is 1. The molecule has 0 aliphatic heterocycles. The number of aliphatic hydroxyl groups is 1. The van der Waals surface area contributed by atoms with E-state index in [4.69, 9.17) is 15.6 Å². The van der Waals surface area contributed by atoms with Gasteiger partial charge in [0.2, 0.25) is 0 Å². The summed E-state index contributed by atoms with van der Waals surface area (Å²) in [6, 6.07) is 7.63. The average molecular weight is 207 g/mol. The van der Waals surface area contributed by atoms with Gasteiger partial charge >= 0.3 is 0 Å². The van der Waals surface area contributed by atoms with Crippen LogP contribution in [-0.2, 0) is 10.3 Å². The molecular formula is C12H17NO2. The van der Waals surface area contributed by atoms with Gasteiger partial charge in [0.1, 0.15) is 0 Å². The quantitative estimate of drug-likeness (QED) is 0.782. The van der Waals surface area contributed by atoms with Crippen molar-refractivity contribution in [2.24, 2.45) is 5.73 Å². The van der Waals surface area contributed by atoms with E-state index in [9.17, 15) is 0 Å². The first-order valence-corrected chi connectivity index (χ1v) is 5.24. The third-order valence-electron chi connectivity index (χ3n) is 3.14. The Hall–Kier alpha value is -0.900. The fourth-order valence-corrected chi connectivity index (χ4v) is 2.03. The molecule has 1 unspecified atom stereocenters. The molecule has 1 aliphatic carbocycles. The van der Waals surface area contributed by atoms with Gasteiger partial charge in [-0.25, -0.2) is 0 Å². The molecule has 1 fully saturated rings. The molecule has 1 atom stereocenters. The van der Waals surface area contributed by atoms with Crippen molar-refractivity contribution in [3.05, 3.63) is 35.4 Å². The number of nitrogens with two attached hydrogens (primary N) is 1. The Labute approximate surface area is 89.9 Å². The third kappa shape index (κ3) is 1.78. The highest BCUT2D eigenvalue weighted by Crippen LogP contribution is 2.50. The van der Waals surface area contributed by atoms with Crippen LogP contribution in [0.1, 0.15) is 30.0 Å². The van der Waals surface area contributed by atoms with E-state index in [2.05, 4.69) is 0 Å². The van der Waals surface area contributed by atoms with Crippen LogP contribution in [0.3, 0.4) is 0 Å². The Morgan fingerprint density at radius 3 is 2.67 bits per heavy atom. The number of hydrogen-bond acceptors (Lipinski definition) is 3. The molecule has 3 heteroatoms. The Bertz CT molecular complexity index is 347. The van der Waals surface area contributed by atoms with Gasteiger partial charge in [0, 0.05) is 7.11 Å². The van der Waals surface area contributed by atoms with Crippen LogP contribution in [0, 0.1) is 0 Å². The molecule has 1 aliphatic rings. The molecule has 82 valence electrons. The summed E-state index contributed by atoms with van der Waals surface area (Å²) in [6.07, 6.45) is 2.08. The fourth-order valence-electron chi connectivity index (χ4n) is 2.03. The molecule has 3 nitrogen and oxygen atoms in total. The number of aliphatic hydroxyl groups excluding tert-OH is 1. The highest BCUT2D eigenvalue weighted by Gasteiger charge is 2.46. The predicted octanol–water partition coefficient (Wildman–Crippen LogP) is 1.31. The summed E-state index contributed by atoms with van der Waals surface area (Å²) in [5.74, 6) is 0. The van der Waals surface area contributed by atoms with E-state index in [1.54, 1.807) is 7.11 Å². The first-order valence-electron chi connectivity index (χ1n) is 5.24. The SMILES string of the molecule is COC1(c2ccccc2C(N)CO)CC1. The van der Waals surface area contributed by atoms with Crippen LogP contribution in [-0.4, -0.2) is 18.8 Å². The molecule has 0 aromatic heterocycles. The van der Waals surface area contributed by atoms with Crippen molar-refractivity contribution in [3.8, 4) is 0 Å². The second kappa shape index (κ2) is 3.93. The molecule has 2 rings (SSSR count). The zero-order valence-corrected chi connectivity index (χ0v) is 8.94. The minimum absolute atomic E-state index is 0.0309. The van der Waals surface area contributed by atoms with Gasteiger partial charge in [0.15, 0.2) is 0 Å². The predicted molar refractivity (Wildman–Crippen MR) is 58.4 cm³/mol. The Morgan fingerprint density at radius 2 is 2.13 bits per heavy atom. The Morgan fingerprint density at radius 1 is 1.47 bits per heavy atom. The molecule has 1 saturated carbocycles. The molecule has 0 heterocycles. The molecule has 0 radical (unpaired) electrons. The van der Waals surface area contributed by atoms with Crippen molar-refractivity contribution in [3.63, 3.8) is 0 Å². The summed E-state index contributed by atoms with van der Waals surface area (Å²) in [5, 5.41) is 9.11. The van der Waals surface area contributed by atoms with E-state index in [0.29, 0.717) is 0 Å². The van der Waals surface area contributed by atoms with Gasteiger partial charge in [-0.05, 0) is 24.0 Å². The lowest BCUT2D eigenvalue weighted by Crippen LogP contribution is -2.20. The molecule has 0 spiro atoms. The molecule has 0 amide bonds. The lowest BCUT2D eigenvalue weighted by atomic mass is 9.96. The van der Waals surface area contributed by atoms with Crippen LogP contribution in [0.4, 0.5) is 0 Å². The second-order valence-corrected chi connectivity index (χ2v) is 4.07.